The average molecular weight is 523 g/mol. The third kappa shape index (κ3) is 3.30. The molecule has 7 aromatic rings. The van der Waals surface area contributed by atoms with Crippen LogP contribution < -0.4 is 4.74 Å². The molecule has 1 heterocycles. The Labute approximate surface area is 238 Å². The summed E-state index contributed by atoms with van der Waals surface area (Å²) in [6, 6.07) is 46.2. The van der Waals surface area contributed by atoms with E-state index in [9.17, 15) is 0 Å². The first kappa shape index (κ1) is 22.7. The monoisotopic (exact) mass is 522 g/mol. The number of fused-ring (bicyclic) bond motifs is 8. The Morgan fingerprint density at radius 3 is 1.78 bits per heavy atom. The maximum atomic E-state index is 6.44. The van der Waals surface area contributed by atoms with Crippen LogP contribution in [0.2, 0.25) is 0 Å². The average Bonchev–Trinajstić information content (AvgIpc) is 3.41. The molecule has 0 bridgehead atoms. The van der Waals surface area contributed by atoms with E-state index in [4.69, 9.17) is 4.74 Å². The van der Waals surface area contributed by atoms with Gasteiger partial charge in [-0.1, -0.05) is 127 Å². The van der Waals surface area contributed by atoms with Gasteiger partial charge >= 0.3 is 0 Å². The van der Waals surface area contributed by atoms with Gasteiger partial charge in [0.15, 0.2) is 0 Å². The molecule has 1 aliphatic carbocycles. The van der Waals surface area contributed by atoms with Gasteiger partial charge in [0.05, 0.1) is 0 Å². The van der Waals surface area contributed by atoms with Crippen molar-refractivity contribution in [2.45, 2.75) is 12.0 Å². The Kier molecular flexibility index (Phi) is 4.80. The Morgan fingerprint density at radius 1 is 0.488 bits per heavy atom. The molecule has 9 rings (SSSR count). The lowest BCUT2D eigenvalue weighted by Crippen LogP contribution is -2.17. The zero-order valence-electron chi connectivity index (χ0n) is 22.4. The summed E-state index contributed by atoms with van der Waals surface area (Å²) in [4.78, 5) is 0. The first-order valence-corrected chi connectivity index (χ1v) is 14.4. The molecule has 41 heavy (non-hydrogen) atoms. The summed E-state index contributed by atoms with van der Waals surface area (Å²) in [7, 11) is 0. The van der Waals surface area contributed by atoms with Crippen molar-refractivity contribution in [2.24, 2.45) is 0 Å². The highest BCUT2D eigenvalue weighted by molar-refractivity contribution is 6.24. The number of rotatable bonds is 2. The number of allylic oxidation sites excluding steroid dienone is 2. The topological polar surface area (TPSA) is 9.23 Å². The van der Waals surface area contributed by atoms with E-state index in [1.165, 1.54) is 70.9 Å². The Bertz CT molecular complexity index is 2190. The van der Waals surface area contributed by atoms with Crippen molar-refractivity contribution >= 4 is 48.7 Å². The second-order valence-corrected chi connectivity index (χ2v) is 11.2. The highest BCUT2D eigenvalue weighted by Gasteiger charge is 2.33. The lowest BCUT2D eigenvalue weighted by atomic mass is 9.81. The van der Waals surface area contributed by atoms with E-state index in [2.05, 4.69) is 146 Å². The van der Waals surface area contributed by atoms with Crippen molar-refractivity contribution in [1.82, 2.24) is 0 Å². The van der Waals surface area contributed by atoms with Crippen LogP contribution >= 0.6 is 0 Å². The van der Waals surface area contributed by atoms with E-state index in [1.807, 2.05) is 0 Å². The van der Waals surface area contributed by atoms with Crippen LogP contribution in [0.25, 0.3) is 59.8 Å². The molecule has 0 spiro atoms. The van der Waals surface area contributed by atoms with E-state index in [0.717, 1.165) is 5.75 Å². The molecule has 0 aromatic heterocycles. The number of para-hydroxylation sites is 1. The first-order valence-electron chi connectivity index (χ1n) is 14.4. The van der Waals surface area contributed by atoms with Crippen LogP contribution in [0.1, 0.15) is 17.0 Å². The van der Waals surface area contributed by atoms with Crippen LogP contribution in [0.4, 0.5) is 0 Å². The van der Waals surface area contributed by atoms with Crippen molar-refractivity contribution in [2.75, 3.05) is 0 Å². The van der Waals surface area contributed by atoms with Crippen LogP contribution in [0.3, 0.4) is 0 Å². The van der Waals surface area contributed by atoms with E-state index in [-0.39, 0.29) is 12.0 Å². The van der Waals surface area contributed by atoms with Crippen LogP contribution in [-0.2, 0) is 0 Å². The molecule has 0 fully saturated rings. The van der Waals surface area contributed by atoms with Gasteiger partial charge in [0.25, 0.3) is 0 Å². The smallest absolute Gasteiger partial charge is 0.128 e. The predicted octanol–water partition coefficient (Wildman–Crippen LogP) is 10.5. The van der Waals surface area contributed by atoms with Gasteiger partial charge in [0.2, 0.25) is 0 Å². The van der Waals surface area contributed by atoms with Gasteiger partial charge in [-0.3, -0.25) is 0 Å². The molecule has 0 amide bonds. The maximum absolute atomic E-state index is 6.44. The normalized spacial score (nSPS) is 17.5. The molecule has 7 aromatic carbocycles. The molecule has 0 saturated carbocycles. The van der Waals surface area contributed by atoms with Crippen molar-refractivity contribution in [3.63, 3.8) is 0 Å². The summed E-state index contributed by atoms with van der Waals surface area (Å²) in [5.41, 5.74) is 6.35. The van der Waals surface area contributed by atoms with Crippen LogP contribution in [0.5, 0.6) is 5.75 Å². The zero-order valence-corrected chi connectivity index (χ0v) is 22.4. The van der Waals surface area contributed by atoms with E-state index >= 15 is 0 Å². The van der Waals surface area contributed by atoms with Gasteiger partial charge in [-0.05, 0) is 83.6 Å². The summed E-state index contributed by atoms with van der Waals surface area (Å²) < 4.78 is 6.44. The first-order chi connectivity index (χ1) is 20.3. The molecule has 0 saturated heterocycles. The quantitative estimate of drug-likeness (QED) is 0.162. The molecule has 2 unspecified atom stereocenters. The molecule has 0 N–H and O–H groups in total. The zero-order chi connectivity index (χ0) is 26.9. The van der Waals surface area contributed by atoms with Crippen LogP contribution in [-0.4, -0.2) is 6.10 Å². The third-order valence-corrected chi connectivity index (χ3v) is 8.98. The fourth-order valence-electron chi connectivity index (χ4n) is 7.21. The summed E-state index contributed by atoms with van der Waals surface area (Å²) in [5.74, 6) is 1.26. The molecule has 1 aliphatic heterocycles. The number of ether oxygens (including phenoxy) is 1. The van der Waals surface area contributed by atoms with Gasteiger partial charge in [0, 0.05) is 11.5 Å². The molecule has 1 nitrogen and oxygen atoms in total. The van der Waals surface area contributed by atoms with E-state index in [0.29, 0.717) is 0 Å². The van der Waals surface area contributed by atoms with Crippen LogP contribution in [0.15, 0.2) is 146 Å². The molecule has 192 valence electrons. The van der Waals surface area contributed by atoms with Crippen molar-refractivity contribution in [3.8, 4) is 16.9 Å². The number of hydrogen-bond acceptors (Lipinski definition) is 1. The number of hydrogen-bond donors (Lipinski definition) is 0. The standard InChI is InChI=1S/C40H26O/c1-2-12-27-25(11-1)23-36(29-14-4-3-13-28(27)29)40-34-18-7-5-16-32(34)39(33-17-6-8-19-35(33)40)26-21-22-31-30-15-9-10-20-37(30)41-38(31)24-26/h1-24,31,38H. The molecule has 2 atom stereocenters. The predicted molar refractivity (Wildman–Crippen MR) is 173 cm³/mol. The van der Waals surface area contributed by atoms with Gasteiger partial charge in [-0.15, -0.1) is 0 Å². The maximum Gasteiger partial charge on any atom is 0.128 e. The van der Waals surface area contributed by atoms with Crippen molar-refractivity contribution in [1.29, 1.82) is 0 Å². The van der Waals surface area contributed by atoms with Gasteiger partial charge in [-0.2, -0.15) is 0 Å². The fraction of sp³-hybridized carbons (Fsp3) is 0.0500. The Hall–Kier alpha value is -5.14. The lowest BCUT2D eigenvalue weighted by molar-refractivity contribution is 0.269. The minimum atomic E-state index is 0.00836. The summed E-state index contributed by atoms with van der Waals surface area (Å²) in [6.45, 7) is 0. The largest absolute Gasteiger partial charge is 0.485 e. The number of benzene rings is 7. The highest BCUT2D eigenvalue weighted by Crippen LogP contribution is 2.48. The lowest BCUT2D eigenvalue weighted by Gasteiger charge is -2.23. The molecule has 1 heteroatoms. The van der Waals surface area contributed by atoms with E-state index < -0.39 is 0 Å². The minimum Gasteiger partial charge on any atom is -0.485 e. The molecular weight excluding hydrogens is 496 g/mol. The second kappa shape index (κ2) is 8.68. The third-order valence-electron chi connectivity index (χ3n) is 8.98. The minimum absolute atomic E-state index is 0.00836. The van der Waals surface area contributed by atoms with Crippen molar-refractivity contribution < 1.29 is 4.74 Å². The summed E-state index contributed by atoms with van der Waals surface area (Å²) >= 11 is 0. The van der Waals surface area contributed by atoms with Crippen LogP contribution in [0, 0.1) is 0 Å². The Balaban J connectivity index is 1.35. The molecular formula is C40H26O. The molecule has 0 radical (unpaired) electrons. The van der Waals surface area contributed by atoms with E-state index in [1.54, 1.807) is 0 Å². The van der Waals surface area contributed by atoms with Gasteiger partial charge in [-0.25, -0.2) is 0 Å². The highest BCUT2D eigenvalue weighted by atomic mass is 16.5. The summed E-state index contributed by atoms with van der Waals surface area (Å²) in [5, 5.41) is 10.2. The fourth-order valence-corrected chi connectivity index (χ4v) is 7.21. The van der Waals surface area contributed by atoms with Gasteiger partial charge in [0.1, 0.15) is 11.9 Å². The second-order valence-electron chi connectivity index (χ2n) is 11.2. The van der Waals surface area contributed by atoms with Crippen molar-refractivity contribution in [3.05, 3.63) is 157 Å². The summed E-state index contributed by atoms with van der Waals surface area (Å²) in [6.07, 6.45) is 6.99. The molecule has 2 aliphatic rings. The Morgan fingerprint density at radius 2 is 1.05 bits per heavy atom. The van der Waals surface area contributed by atoms with Gasteiger partial charge < -0.3 is 4.74 Å². The SMILES string of the molecule is C1=CC2c3ccccc3OC2C=C1c1c2ccccc2c(-c2cc3ccccc3c3ccccc23)c2ccccc12.